The Balaban J connectivity index is 1.92. The predicted molar refractivity (Wildman–Crippen MR) is 84.5 cm³/mol. The summed E-state index contributed by atoms with van der Waals surface area (Å²) in [6.07, 6.45) is 6.18. The van der Waals surface area contributed by atoms with Crippen molar-refractivity contribution in [3.8, 4) is 5.69 Å². The smallest absolute Gasteiger partial charge is 0.207 e. The molecule has 1 heterocycles. The van der Waals surface area contributed by atoms with E-state index in [4.69, 9.17) is 0 Å². The molecular weight excluding hydrogens is 246 g/mol. The highest BCUT2D eigenvalue weighted by Gasteiger charge is 2.04. The molecule has 0 fully saturated rings. The monoisotopic (exact) mass is 265 g/mol. The van der Waals surface area contributed by atoms with Crippen LogP contribution in [0.15, 0.2) is 54.9 Å². The number of rotatable bonds is 5. The summed E-state index contributed by atoms with van der Waals surface area (Å²) in [6, 6.07) is 14.9. The first-order valence-corrected chi connectivity index (χ1v) is 7.15. The lowest BCUT2D eigenvalue weighted by molar-refractivity contribution is 0.823. The molecule has 0 spiro atoms. The molecule has 3 aromatic rings. The Labute approximate surface area is 119 Å². The summed E-state index contributed by atoms with van der Waals surface area (Å²) in [7, 11) is 0. The number of nitrogens with one attached hydrogen (secondary N) is 1. The highest BCUT2D eigenvalue weighted by Crippen LogP contribution is 2.20. The number of nitrogens with zero attached hydrogens (tertiary/aromatic N) is 2. The van der Waals surface area contributed by atoms with Crippen molar-refractivity contribution in [1.82, 2.24) is 9.55 Å². The molecule has 3 heteroatoms. The lowest BCUT2D eigenvalue weighted by Crippen LogP contribution is -2.07. The quantitative estimate of drug-likeness (QED) is 0.699. The van der Waals surface area contributed by atoms with Crippen molar-refractivity contribution in [2.24, 2.45) is 0 Å². The molecule has 0 aliphatic heterocycles. The number of aromatic nitrogens is 2. The van der Waals surface area contributed by atoms with E-state index in [1.54, 1.807) is 0 Å². The lowest BCUT2D eigenvalue weighted by Gasteiger charge is -2.10. The molecule has 0 bridgehead atoms. The van der Waals surface area contributed by atoms with Crippen LogP contribution in [0.5, 0.6) is 0 Å². The topological polar surface area (TPSA) is 29.9 Å². The summed E-state index contributed by atoms with van der Waals surface area (Å²) in [5.41, 5.74) is 1.14. The number of hydrogen-bond acceptors (Lipinski definition) is 2. The molecule has 0 aliphatic carbocycles. The van der Waals surface area contributed by atoms with Gasteiger partial charge in [-0.3, -0.25) is 4.57 Å². The second kappa shape index (κ2) is 5.78. The van der Waals surface area contributed by atoms with Gasteiger partial charge in [-0.25, -0.2) is 4.98 Å². The molecule has 0 amide bonds. The van der Waals surface area contributed by atoms with Crippen molar-refractivity contribution in [3.05, 3.63) is 54.9 Å². The maximum Gasteiger partial charge on any atom is 0.207 e. The fraction of sp³-hybridized carbons (Fsp3) is 0.235. The molecule has 3 nitrogen and oxygen atoms in total. The molecule has 0 radical (unpaired) electrons. The first-order chi connectivity index (χ1) is 9.88. The van der Waals surface area contributed by atoms with E-state index in [1.165, 1.54) is 17.2 Å². The number of benzene rings is 2. The fourth-order valence-corrected chi connectivity index (χ4v) is 2.35. The first-order valence-electron chi connectivity index (χ1n) is 7.15. The van der Waals surface area contributed by atoms with Gasteiger partial charge in [-0.2, -0.15) is 0 Å². The second-order valence-electron chi connectivity index (χ2n) is 4.93. The van der Waals surface area contributed by atoms with Crippen LogP contribution in [-0.4, -0.2) is 16.1 Å². The summed E-state index contributed by atoms with van der Waals surface area (Å²) in [5, 5.41) is 5.90. The Hall–Kier alpha value is -2.29. The maximum atomic E-state index is 4.40. The van der Waals surface area contributed by atoms with Gasteiger partial charge in [0.25, 0.3) is 0 Å². The summed E-state index contributed by atoms with van der Waals surface area (Å²) < 4.78 is 2.10. The zero-order valence-corrected chi connectivity index (χ0v) is 11.7. The van der Waals surface area contributed by atoms with Gasteiger partial charge in [0, 0.05) is 24.6 Å². The van der Waals surface area contributed by atoms with E-state index in [1.807, 2.05) is 12.4 Å². The van der Waals surface area contributed by atoms with E-state index in [2.05, 4.69) is 64.3 Å². The number of hydrogen-bond donors (Lipinski definition) is 1. The fourth-order valence-electron chi connectivity index (χ4n) is 2.35. The van der Waals surface area contributed by atoms with Gasteiger partial charge >= 0.3 is 0 Å². The molecule has 0 saturated heterocycles. The molecule has 0 unspecified atom stereocenters. The number of anilines is 1. The normalized spacial score (nSPS) is 10.8. The molecule has 2 aromatic carbocycles. The third-order valence-corrected chi connectivity index (χ3v) is 3.47. The van der Waals surface area contributed by atoms with Gasteiger partial charge in [-0.15, -0.1) is 0 Å². The molecule has 0 aliphatic rings. The summed E-state index contributed by atoms with van der Waals surface area (Å²) >= 11 is 0. The van der Waals surface area contributed by atoms with Crippen LogP contribution in [0.3, 0.4) is 0 Å². The molecule has 3 rings (SSSR count). The van der Waals surface area contributed by atoms with Crippen LogP contribution in [0.25, 0.3) is 16.5 Å². The summed E-state index contributed by atoms with van der Waals surface area (Å²) in [6.45, 7) is 3.15. The van der Waals surface area contributed by atoms with Crippen LogP contribution in [0.1, 0.15) is 19.8 Å². The lowest BCUT2D eigenvalue weighted by atomic mass is 10.1. The van der Waals surface area contributed by atoms with Crippen LogP contribution in [0.4, 0.5) is 5.95 Å². The minimum Gasteiger partial charge on any atom is -0.355 e. The molecular formula is C17H19N3. The van der Waals surface area contributed by atoms with Gasteiger partial charge in [0.15, 0.2) is 0 Å². The van der Waals surface area contributed by atoms with E-state index < -0.39 is 0 Å². The van der Waals surface area contributed by atoms with Crippen molar-refractivity contribution in [3.63, 3.8) is 0 Å². The van der Waals surface area contributed by atoms with E-state index in [-0.39, 0.29) is 0 Å². The summed E-state index contributed by atoms with van der Waals surface area (Å²) in [4.78, 5) is 4.40. The van der Waals surface area contributed by atoms with Gasteiger partial charge in [0.2, 0.25) is 5.95 Å². The van der Waals surface area contributed by atoms with Crippen molar-refractivity contribution < 1.29 is 0 Å². The largest absolute Gasteiger partial charge is 0.355 e. The molecule has 1 N–H and O–H groups in total. The van der Waals surface area contributed by atoms with Crippen LogP contribution in [0, 0.1) is 0 Å². The standard InChI is InChI=1S/C17H19N3/c1-2-3-10-18-17-19-11-12-20(17)16-9-8-14-6-4-5-7-15(14)13-16/h4-9,11-13H,2-3,10H2,1H3,(H,18,19). The predicted octanol–water partition coefficient (Wildman–Crippen LogP) is 4.24. The van der Waals surface area contributed by atoms with Gasteiger partial charge in [0.1, 0.15) is 0 Å². The van der Waals surface area contributed by atoms with Crippen LogP contribution in [-0.2, 0) is 0 Å². The minimum atomic E-state index is 0.911. The summed E-state index contributed by atoms with van der Waals surface area (Å²) in [5.74, 6) is 0.911. The highest BCUT2D eigenvalue weighted by atomic mass is 15.2. The van der Waals surface area contributed by atoms with Crippen LogP contribution < -0.4 is 5.32 Å². The zero-order chi connectivity index (χ0) is 13.8. The maximum absolute atomic E-state index is 4.40. The van der Waals surface area contributed by atoms with Crippen molar-refractivity contribution in [2.75, 3.05) is 11.9 Å². The SMILES string of the molecule is CCCCNc1nccn1-c1ccc2ccccc2c1. The van der Waals surface area contributed by atoms with Crippen LogP contribution in [0.2, 0.25) is 0 Å². The highest BCUT2D eigenvalue weighted by molar-refractivity contribution is 5.84. The van der Waals surface area contributed by atoms with Crippen molar-refractivity contribution >= 4 is 16.7 Å². The van der Waals surface area contributed by atoms with E-state index in [9.17, 15) is 0 Å². The van der Waals surface area contributed by atoms with Crippen molar-refractivity contribution in [1.29, 1.82) is 0 Å². The van der Waals surface area contributed by atoms with Gasteiger partial charge in [0.05, 0.1) is 0 Å². The Kier molecular flexibility index (Phi) is 3.68. The van der Waals surface area contributed by atoms with E-state index >= 15 is 0 Å². The molecule has 0 atom stereocenters. The first kappa shape index (κ1) is 12.7. The number of unbranched alkanes of at least 4 members (excludes halogenated alkanes) is 1. The Morgan fingerprint density at radius 3 is 2.80 bits per heavy atom. The van der Waals surface area contributed by atoms with Gasteiger partial charge < -0.3 is 5.32 Å². The van der Waals surface area contributed by atoms with Gasteiger partial charge in [-0.05, 0) is 29.3 Å². The van der Waals surface area contributed by atoms with Crippen LogP contribution >= 0.6 is 0 Å². The zero-order valence-electron chi connectivity index (χ0n) is 11.7. The third kappa shape index (κ3) is 2.52. The van der Waals surface area contributed by atoms with Gasteiger partial charge in [-0.1, -0.05) is 43.7 Å². The Bertz CT molecular complexity index is 700. The number of imidazole rings is 1. The third-order valence-electron chi connectivity index (χ3n) is 3.47. The second-order valence-corrected chi connectivity index (χ2v) is 4.93. The minimum absolute atomic E-state index is 0.911. The van der Waals surface area contributed by atoms with E-state index in [0.29, 0.717) is 0 Å². The Morgan fingerprint density at radius 1 is 1.10 bits per heavy atom. The van der Waals surface area contributed by atoms with Crippen molar-refractivity contribution in [2.45, 2.75) is 19.8 Å². The molecule has 0 saturated carbocycles. The molecule has 102 valence electrons. The molecule has 20 heavy (non-hydrogen) atoms. The Morgan fingerprint density at radius 2 is 1.95 bits per heavy atom. The van der Waals surface area contributed by atoms with E-state index in [0.717, 1.165) is 24.6 Å². The number of fused-ring (bicyclic) bond motifs is 1. The average Bonchev–Trinajstić information content (AvgIpc) is 2.95. The molecule has 1 aromatic heterocycles. The average molecular weight is 265 g/mol.